The van der Waals surface area contributed by atoms with E-state index in [4.69, 9.17) is 21.1 Å². The molecule has 0 aliphatic carbocycles. The number of benzene rings is 2. The number of carbonyl (C=O) groups excluding carboxylic acids is 1. The first-order valence-corrected chi connectivity index (χ1v) is 8.95. The minimum Gasteiger partial charge on any atom is -0.454 e. The van der Waals surface area contributed by atoms with Gasteiger partial charge < -0.3 is 14.8 Å². The lowest BCUT2D eigenvalue weighted by Crippen LogP contribution is -2.33. The molecule has 1 N–H and O–H groups in total. The zero-order valence-corrected chi connectivity index (χ0v) is 15.6. The van der Waals surface area contributed by atoms with Crippen molar-refractivity contribution in [3.8, 4) is 22.8 Å². The van der Waals surface area contributed by atoms with Crippen LogP contribution in [-0.4, -0.2) is 22.5 Å². The number of anilines is 1. The summed E-state index contributed by atoms with van der Waals surface area (Å²) in [5.74, 6) is 0.898. The van der Waals surface area contributed by atoms with Gasteiger partial charge in [-0.1, -0.05) is 17.7 Å². The summed E-state index contributed by atoms with van der Waals surface area (Å²) in [6.45, 7) is 1.78. The number of fused-ring (bicyclic) bond motifs is 1. The van der Waals surface area contributed by atoms with Gasteiger partial charge in [0.1, 0.15) is 6.04 Å². The van der Waals surface area contributed by atoms with Crippen LogP contribution < -0.4 is 20.3 Å². The van der Waals surface area contributed by atoms with Crippen LogP contribution in [0.2, 0.25) is 5.02 Å². The van der Waals surface area contributed by atoms with Gasteiger partial charge in [0, 0.05) is 22.3 Å². The molecule has 1 aromatic heterocycles. The first kappa shape index (κ1) is 18.1. The Hall–Kier alpha value is -3.32. The van der Waals surface area contributed by atoms with E-state index in [1.165, 1.54) is 6.07 Å². The summed E-state index contributed by atoms with van der Waals surface area (Å²) in [5.41, 5.74) is 1.46. The predicted molar refractivity (Wildman–Crippen MR) is 105 cm³/mol. The summed E-state index contributed by atoms with van der Waals surface area (Å²) in [7, 11) is 0. The molecule has 4 rings (SSSR count). The van der Waals surface area contributed by atoms with Gasteiger partial charge in [-0.3, -0.25) is 9.59 Å². The van der Waals surface area contributed by atoms with Gasteiger partial charge in [-0.2, -0.15) is 5.10 Å². The molecule has 1 aliphatic rings. The number of carbonyl (C=O) groups is 1. The van der Waals surface area contributed by atoms with Gasteiger partial charge in [-0.05, 0) is 49.4 Å². The van der Waals surface area contributed by atoms with E-state index in [-0.39, 0.29) is 18.3 Å². The second kappa shape index (κ2) is 7.36. The van der Waals surface area contributed by atoms with Gasteiger partial charge in [0.2, 0.25) is 12.7 Å². The van der Waals surface area contributed by atoms with Crippen LogP contribution in [0, 0.1) is 0 Å². The summed E-state index contributed by atoms with van der Waals surface area (Å²) in [6, 6.07) is 14.4. The Balaban J connectivity index is 1.61. The molecule has 1 amide bonds. The lowest BCUT2D eigenvalue weighted by Gasteiger charge is -2.15. The highest BCUT2D eigenvalue weighted by Gasteiger charge is 2.19. The van der Waals surface area contributed by atoms with Crippen LogP contribution >= 0.6 is 11.6 Å². The zero-order valence-electron chi connectivity index (χ0n) is 14.9. The summed E-state index contributed by atoms with van der Waals surface area (Å²) >= 11 is 5.94. The smallest absolute Gasteiger partial charge is 0.267 e. The molecule has 1 aliphatic heterocycles. The van der Waals surface area contributed by atoms with Crippen LogP contribution in [-0.2, 0) is 4.79 Å². The lowest BCUT2D eigenvalue weighted by atomic mass is 10.1. The van der Waals surface area contributed by atoms with E-state index in [1.54, 1.807) is 49.4 Å². The Morgan fingerprint density at radius 2 is 1.96 bits per heavy atom. The molecule has 1 unspecified atom stereocenters. The molecule has 0 fully saturated rings. The average molecular weight is 398 g/mol. The second-order valence-corrected chi connectivity index (χ2v) is 6.68. The van der Waals surface area contributed by atoms with Gasteiger partial charge >= 0.3 is 0 Å². The number of hydrogen-bond acceptors (Lipinski definition) is 5. The largest absolute Gasteiger partial charge is 0.454 e. The van der Waals surface area contributed by atoms with Crippen molar-refractivity contribution in [1.29, 1.82) is 0 Å². The van der Waals surface area contributed by atoms with Crippen molar-refractivity contribution in [2.24, 2.45) is 0 Å². The SMILES string of the molecule is CC(C(=O)Nc1cccc(Cl)c1)n1nc(-c2ccc3c(c2)OCO3)ccc1=O. The quantitative estimate of drug-likeness (QED) is 0.728. The molecule has 7 nitrogen and oxygen atoms in total. The number of hydrogen-bond donors (Lipinski definition) is 1. The molecular formula is C20H16ClN3O4. The van der Waals surface area contributed by atoms with E-state index < -0.39 is 6.04 Å². The second-order valence-electron chi connectivity index (χ2n) is 6.24. The van der Waals surface area contributed by atoms with Crippen molar-refractivity contribution >= 4 is 23.2 Å². The van der Waals surface area contributed by atoms with Crippen molar-refractivity contribution in [2.75, 3.05) is 12.1 Å². The van der Waals surface area contributed by atoms with Crippen LogP contribution in [0.3, 0.4) is 0 Å². The third-order valence-electron chi connectivity index (χ3n) is 4.33. The van der Waals surface area contributed by atoms with Gasteiger partial charge in [0.05, 0.1) is 5.69 Å². The number of nitrogens with one attached hydrogen (secondary N) is 1. The Morgan fingerprint density at radius 1 is 1.14 bits per heavy atom. The molecule has 0 bridgehead atoms. The number of halogens is 1. The minimum atomic E-state index is -0.819. The van der Waals surface area contributed by atoms with E-state index in [0.717, 1.165) is 10.2 Å². The normalized spacial score (nSPS) is 13.2. The van der Waals surface area contributed by atoms with Gasteiger partial charge in [0.25, 0.3) is 5.56 Å². The molecule has 0 spiro atoms. The molecule has 3 aromatic rings. The van der Waals surface area contributed by atoms with Crippen LogP contribution in [0.1, 0.15) is 13.0 Å². The number of ether oxygens (including phenoxy) is 2. The Labute approximate surface area is 165 Å². The summed E-state index contributed by atoms with van der Waals surface area (Å²) < 4.78 is 11.8. The summed E-state index contributed by atoms with van der Waals surface area (Å²) in [4.78, 5) is 24.9. The number of rotatable bonds is 4. The molecule has 0 saturated heterocycles. The number of nitrogens with zero attached hydrogens (tertiary/aromatic N) is 2. The first-order chi connectivity index (χ1) is 13.5. The molecule has 2 heterocycles. The maximum absolute atomic E-state index is 12.6. The van der Waals surface area contributed by atoms with Crippen molar-refractivity contribution < 1.29 is 14.3 Å². The van der Waals surface area contributed by atoms with Crippen LogP contribution in [0.4, 0.5) is 5.69 Å². The van der Waals surface area contributed by atoms with Gasteiger partial charge in [0.15, 0.2) is 11.5 Å². The molecular weight excluding hydrogens is 382 g/mol. The third kappa shape index (κ3) is 3.57. The van der Waals surface area contributed by atoms with Gasteiger partial charge in [-0.25, -0.2) is 4.68 Å². The Morgan fingerprint density at radius 3 is 2.79 bits per heavy atom. The first-order valence-electron chi connectivity index (χ1n) is 8.57. The average Bonchev–Trinajstić information content (AvgIpc) is 3.15. The number of amides is 1. The Bertz CT molecular complexity index is 1110. The van der Waals surface area contributed by atoms with Crippen LogP contribution in [0.5, 0.6) is 11.5 Å². The Kier molecular flexibility index (Phi) is 4.75. The molecule has 1 atom stereocenters. The van der Waals surface area contributed by atoms with E-state index in [9.17, 15) is 9.59 Å². The summed E-state index contributed by atoms with van der Waals surface area (Å²) in [5, 5.41) is 7.62. The van der Waals surface area contributed by atoms with Crippen LogP contribution in [0.15, 0.2) is 59.4 Å². The molecule has 0 saturated carbocycles. The highest BCUT2D eigenvalue weighted by molar-refractivity contribution is 6.30. The minimum absolute atomic E-state index is 0.173. The van der Waals surface area contributed by atoms with E-state index in [0.29, 0.717) is 27.9 Å². The van der Waals surface area contributed by atoms with E-state index in [1.807, 2.05) is 6.07 Å². The maximum Gasteiger partial charge on any atom is 0.267 e. The molecule has 142 valence electrons. The topological polar surface area (TPSA) is 82.5 Å². The highest BCUT2D eigenvalue weighted by Crippen LogP contribution is 2.35. The zero-order chi connectivity index (χ0) is 19.7. The van der Waals surface area contributed by atoms with Crippen molar-refractivity contribution in [3.05, 3.63) is 70.0 Å². The lowest BCUT2D eigenvalue weighted by molar-refractivity contribution is -0.119. The highest BCUT2D eigenvalue weighted by atomic mass is 35.5. The molecule has 2 aromatic carbocycles. The molecule has 28 heavy (non-hydrogen) atoms. The fourth-order valence-corrected chi connectivity index (χ4v) is 3.03. The fourth-order valence-electron chi connectivity index (χ4n) is 2.84. The summed E-state index contributed by atoms with van der Waals surface area (Å²) in [6.07, 6.45) is 0. The standard InChI is InChI=1S/C20H16ClN3O4/c1-12(20(26)22-15-4-2-3-14(21)10-15)24-19(25)8-6-16(23-24)13-5-7-17-18(9-13)28-11-27-17/h2-10,12H,11H2,1H3,(H,22,26). The van der Waals surface area contributed by atoms with Gasteiger partial charge in [-0.15, -0.1) is 0 Å². The maximum atomic E-state index is 12.6. The molecule has 0 radical (unpaired) electrons. The van der Waals surface area contributed by atoms with Crippen molar-refractivity contribution in [2.45, 2.75) is 13.0 Å². The third-order valence-corrected chi connectivity index (χ3v) is 4.57. The van der Waals surface area contributed by atoms with Crippen molar-refractivity contribution in [3.63, 3.8) is 0 Å². The number of aromatic nitrogens is 2. The monoisotopic (exact) mass is 397 g/mol. The molecule has 8 heteroatoms. The fraction of sp³-hybridized carbons (Fsp3) is 0.150. The van der Waals surface area contributed by atoms with E-state index >= 15 is 0 Å². The van der Waals surface area contributed by atoms with Crippen molar-refractivity contribution in [1.82, 2.24) is 9.78 Å². The van der Waals surface area contributed by atoms with E-state index in [2.05, 4.69) is 10.4 Å². The van der Waals surface area contributed by atoms with Crippen LogP contribution in [0.25, 0.3) is 11.3 Å². The predicted octanol–water partition coefficient (Wildman–Crippen LogP) is 3.49.